The lowest BCUT2D eigenvalue weighted by molar-refractivity contribution is -0.384. The Bertz CT molecular complexity index is 436. The summed E-state index contributed by atoms with van der Waals surface area (Å²) in [6.07, 6.45) is 2.85. The number of nitro groups is 1. The summed E-state index contributed by atoms with van der Waals surface area (Å²) in [5, 5.41) is 14.1. The molecule has 0 atom stereocenters. The molecule has 0 bridgehead atoms. The number of hydrogen-bond acceptors (Lipinski definition) is 4. The van der Waals surface area contributed by atoms with Gasteiger partial charge >= 0.3 is 0 Å². The van der Waals surface area contributed by atoms with E-state index in [0.29, 0.717) is 5.65 Å². The Morgan fingerprint density at radius 2 is 2.42 bits per heavy atom. The molecule has 0 aliphatic rings. The molecule has 0 amide bonds. The van der Waals surface area contributed by atoms with Gasteiger partial charge in [0.1, 0.15) is 6.33 Å². The van der Waals surface area contributed by atoms with Gasteiger partial charge < -0.3 is 0 Å². The first-order valence-electron chi connectivity index (χ1n) is 3.21. The largest absolute Gasteiger partial charge is 0.274 e. The summed E-state index contributed by atoms with van der Waals surface area (Å²) in [6.45, 7) is 0. The van der Waals surface area contributed by atoms with Crippen molar-refractivity contribution in [1.29, 1.82) is 0 Å². The average Bonchev–Trinajstić information content (AvgIpc) is 2.49. The van der Waals surface area contributed by atoms with Crippen LogP contribution in [0.1, 0.15) is 0 Å². The number of rotatable bonds is 1. The van der Waals surface area contributed by atoms with Crippen LogP contribution < -0.4 is 0 Å². The van der Waals surface area contributed by atoms with Gasteiger partial charge in [-0.2, -0.15) is 5.10 Å². The van der Waals surface area contributed by atoms with Crippen LogP contribution >= 0.6 is 0 Å². The molecule has 0 aliphatic carbocycles. The van der Waals surface area contributed by atoms with Crippen LogP contribution in [0.4, 0.5) is 5.69 Å². The Labute approximate surface area is 66.6 Å². The lowest BCUT2D eigenvalue weighted by Crippen LogP contribution is -1.91. The topological polar surface area (TPSA) is 73.3 Å². The second-order valence-corrected chi connectivity index (χ2v) is 2.20. The van der Waals surface area contributed by atoms with E-state index in [4.69, 9.17) is 0 Å². The minimum absolute atomic E-state index is 0.0236. The van der Waals surface area contributed by atoms with Crippen molar-refractivity contribution in [2.24, 2.45) is 0 Å². The summed E-state index contributed by atoms with van der Waals surface area (Å²) >= 11 is 0. The summed E-state index contributed by atoms with van der Waals surface area (Å²) in [4.78, 5) is 13.7. The van der Waals surface area contributed by atoms with Crippen molar-refractivity contribution in [2.45, 2.75) is 0 Å². The van der Waals surface area contributed by atoms with Gasteiger partial charge in [-0.05, 0) is 0 Å². The normalized spacial score (nSPS) is 10.3. The Morgan fingerprint density at radius 1 is 1.58 bits per heavy atom. The summed E-state index contributed by atoms with van der Waals surface area (Å²) in [5.41, 5.74) is 0.500. The Balaban J connectivity index is 2.68. The first kappa shape index (κ1) is 6.71. The molecule has 12 heavy (non-hydrogen) atoms. The van der Waals surface area contributed by atoms with E-state index in [1.807, 2.05) is 0 Å². The molecule has 0 spiro atoms. The zero-order valence-electron chi connectivity index (χ0n) is 5.91. The van der Waals surface area contributed by atoms with Crippen molar-refractivity contribution in [1.82, 2.24) is 14.6 Å². The summed E-state index contributed by atoms with van der Waals surface area (Å²) in [7, 11) is 0. The third kappa shape index (κ3) is 0.895. The van der Waals surface area contributed by atoms with Gasteiger partial charge in [0.2, 0.25) is 0 Å². The molecule has 0 fully saturated rings. The Hall–Kier alpha value is -1.98. The predicted octanol–water partition coefficient (Wildman–Crippen LogP) is 0.637. The van der Waals surface area contributed by atoms with Gasteiger partial charge in [-0.3, -0.25) is 10.1 Å². The molecule has 0 N–H and O–H groups in total. The van der Waals surface area contributed by atoms with Crippen molar-refractivity contribution in [3.05, 3.63) is 34.8 Å². The summed E-state index contributed by atoms with van der Waals surface area (Å²) in [5.74, 6) is 0. The molecule has 2 heterocycles. The van der Waals surface area contributed by atoms with E-state index in [2.05, 4.69) is 10.1 Å². The molecule has 2 rings (SSSR count). The predicted molar refractivity (Wildman–Crippen MR) is 39.6 cm³/mol. The van der Waals surface area contributed by atoms with Gasteiger partial charge in [0.15, 0.2) is 5.65 Å². The standard InChI is InChI=1S/C6H4N4O2/c11-10(12)5-1-2-9-6(3-5)7-4-8-9/h1-4H. The summed E-state index contributed by atoms with van der Waals surface area (Å²) < 4.78 is 1.47. The third-order valence-electron chi connectivity index (χ3n) is 1.48. The van der Waals surface area contributed by atoms with Crippen molar-refractivity contribution in [3.8, 4) is 0 Å². The highest BCUT2D eigenvalue weighted by Gasteiger charge is 2.06. The maximum atomic E-state index is 10.3. The Morgan fingerprint density at radius 3 is 3.17 bits per heavy atom. The average molecular weight is 164 g/mol. The molecule has 0 saturated carbocycles. The van der Waals surface area contributed by atoms with Gasteiger partial charge in [0.25, 0.3) is 5.69 Å². The molecule has 60 valence electrons. The fourth-order valence-corrected chi connectivity index (χ4v) is 0.918. The molecular weight excluding hydrogens is 160 g/mol. The van der Waals surface area contributed by atoms with Crippen molar-refractivity contribution >= 4 is 11.3 Å². The number of fused-ring (bicyclic) bond motifs is 1. The van der Waals surface area contributed by atoms with Gasteiger partial charge in [-0.25, -0.2) is 9.50 Å². The fourth-order valence-electron chi connectivity index (χ4n) is 0.918. The third-order valence-corrected chi connectivity index (χ3v) is 1.48. The molecule has 6 nitrogen and oxygen atoms in total. The Kier molecular flexibility index (Phi) is 1.26. The van der Waals surface area contributed by atoms with Crippen LogP contribution in [0, 0.1) is 10.1 Å². The number of hydrogen-bond donors (Lipinski definition) is 0. The molecule has 2 aromatic rings. The zero-order valence-corrected chi connectivity index (χ0v) is 5.91. The highest BCUT2D eigenvalue weighted by Crippen LogP contribution is 2.11. The minimum atomic E-state index is -0.464. The molecule has 0 saturated heterocycles. The minimum Gasteiger partial charge on any atom is -0.258 e. The van der Waals surface area contributed by atoms with E-state index < -0.39 is 4.92 Å². The van der Waals surface area contributed by atoms with E-state index >= 15 is 0 Å². The maximum absolute atomic E-state index is 10.3. The maximum Gasteiger partial charge on any atom is 0.274 e. The SMILES string of the molecule is O=[N+]([O-])c1ccn2ncnc2c1. The lowest BCUT2D eigenvalue weighted by Gasteiger charge is -1.90. The van der Waals surface area contributed by atoms with Crippen LogP contribution in [0.25, 0.3) is 5.65 Å². The van der Waals surface area contributed by atoms with Crippen LogP contribution in [0.5, 0.6) is 0 Å². The molecule has 0 radical (unpaired) electrons. The van der Waals surface area contributed by atoms with Gasteiger partial charge in [-0.15, -0.1) is 0 Å². The monoisotopic (exact) mass is 164 g/mol. The highest BCUT2D eigenvalue weighted by atomic mass is 16.6. The van der Waals surface area contributed by atoms with Crippen LogP contribution in [0.2, 0.25) is 0 Å². The van der Waals surface area contributed by atoms with Crippen LogP contribution in [-0.4, -0.2) is 19.5 Å². The van der Waals surface area contributed by atoms with Gasteiger partial charge in [0, 0.05) is 12.3 Å². The van der Waals surface area contributed by atoms with Crippen molar-refractivity contribution in [3.63, 3.8) is 0 Å². The van der Waals surface area contributed by atoms with E-state index in [0.717, 1.165) is 0 Å². The second kappa shape index (κ2) is 2.26. The summed E-state index contributed by atoms with van der Waals surface area (Å²) in [6, 6.07) is 2.74. The molecule has 0 aromatic carbocycles. The van der Waals surface area contributed by atoms with Crippen LogP contribution in [0.15, 0.2) is 24.7 Å². The van der Waals surface area contributed by atoms with E-state index in [9.17, 15) is 10.1 Å². The first-order valence-corrected chi connectivity index (χ1v) is 3.21. The quantitative estimate of drug-likeness (QED) is 0.457. The van der Waals surface area contributed by atoms with Crippen molar-refractivity contribution in [2.75, 3.05) is 0 Å². The van der Waals surface area contributed by atoms with Crippen LogP contribution in [-0.2, 0) is 0 Å². The van der Waals surface area contributed by atoms with E-state index in [1.54, 1.807) is 0 Å². The fraction of sp³-hybridized carbons (Fsp3) is 0. The molecule has 6 heteroatoms. The lowest BCUT2D eigenvalue weighted by atomic mass is 10.4. The molecule has 2 aromatic heterocycles. The number of pyridine rings is 1. The van der Waals surface area contributed by atoms with Crippen molar-refractivity contribution < 1.29 is 4.92 Å². The molecule has 0 unspecified atom stereocenters. The number of nitrogens with zero attached hydrogens (tertiary/aromatic N) is 4. The number of aromatic nitrogens is 3. The molecular formula is C6H4N4O2. The first-order chi connectivity index (χ1) is 5.77. The van der Waals surface area contributed by atoms with E-state index in [-0.39, 0.29) is 5.69 Å². The zero-order chi connectivity index (χ0) is 8.55. The van der Waals surface area contributed by atoms with Gasteiger partial charge in [0.05, 0.1) is 11.0 Å². The van der Waals surface area contributed by atoms with Gasteiger partial charge in [-0.1, -0.05) is 0 Å². The second-order valence-electron chi connectivity index (χ2n) is 2.20. The smallest absolute Gasteiger partial charge is 0.258 e. The molecule has 0 aliphatic heterocycles. The van der Waals surface area contributed by atoms with Crippen LogP contribution in [0.3, 0.4) is 0 Å². The highest BCUT2D eigenvalue weighted by molar-refractivity contribution is 5.45. The van der Waals surface area contributed by atoms with E-state index in [1.165, 1.54) is 29.2 Å².